The third-order valence-corrected chi connectivity index (χ3v) is 4.45. The Kier molecular flexibility index (Phi) is 6.49. The van der Waals surface area contributed by atoms with E-state index in [4.69, 9.17) is 16.3 Å². The number of ether oxygens (including phenoxy) is 1. The van der Waals surface area contributed by atoms with Crippen molar-refractivity contribution in [3.05, 3.63) is 33.3 Å². The van der Waals surface area contributed by atoms with E-state index in [0.29, 0.717) is 15.1 Å². The maximum absolute atomic E-state index is 12.2. The SMILES string of the molecule is CCC(C)C(NC(=O)c1cccc(Br)c1Cl)C(=O)OC. The molecule has 0 aliphatic carbocycles. The molecule has 1 aromatic carbocycles. The summed E-state index contributed by atoms with van der Waals surface area (Å²) in [5, 5.41) is 3.00. The maximum atomic E-state index is 12.2. The van der Waals surface area contributed by atoms with E-state index in [1.165, 1.54) is 7.11 Å². The smallest absolute Gasteiger partial charge is 0.328 e. The van der Waals surface area contributed by atoms with Gasteiger partial charge in [0.05, 0.1) is 17.7 Å². The summed E-state index contributed by atoms with van der Waals surface area (Å²) in [5.41, 5.74) is 0.318. The zero-order valence-corrected chi connectivity index (χ0v) is 13.9. The van der Waals surface area contributed by atoms with Crippen LogP contribution >= 0.6 is 27.5 Å². The van der Waals surface area contributed by atoms with Gasteiger partial charge in [0.2, 0.25) is 0 Å². The van der Waals surface area contributed by atoms with Crippen molar-refractivity contribution in [1.82, 2.24) is 5.32 Å². The quantitative estimate of drug-likeness (QED) is 0.817. The van der Waals surface area contributed by atoms with Gasteiger partial charge >= 0.3 is 5.97 Å². The minimum Gasteiger partial charge on any atom is -0.467 e. The Morgan fingerprint density at radius 3 is 2.65 bits per heavy atom. The van der Waals surface area contributed by atoms with Gasteiger partial charge in [0.1, 0.15) is 6.04 Å². The van der Waals surface area contributed by atoms with Gasteiger partial charge in [0.15, 0.2) is 0 Å². The lowest BCUT2D eigenvalue weighted by Gasteiger charge is -2.22. The Hall–Kier alpha value is -1.07. The topological polar surface area (TPSA) is 55.4 Å². The molecule has 0 bridgehead atoms. The second-order valence-electron chi connectivity index (χ2n) is 4.46. The van der Waals surface area contributed by atoms with Gasteiger partial charge in [-0.1, -0.05) is 37.9 Å². The maximum Gasteiger partial charge on any atom is 0.328 e. The number of esters is 1. The predicted molar refractivity (Wildman–Crippen MR) is 81.9 cm³/mol. The number of hydrogen-bond acceptors (Lipinski definition) is 3. The molecule has 1 aromatic rings. The Labute approximate surface area is 132 Å². The Bertz CT molecular complexity index is 507. The van der Waals surface area contributed by atoms with Crippen molar-refractivity contribution >= 4 is 39.4 Å². The molecule has 6 heteroatoms. The Morgan fingerprint density at radius 2 is 2.10 bits per heavy atom. The average molecular weight is 363 g/mol. The highest BCUT2D eigenvalue weighted by Gasteiger charge is 2.27. The first kappa shape index (κ1) is 17.0. The van der Waals surface area contributed by atoms with Gasteiger partial charge in [-0.25, -0.2) is 4.79 Å². The van der Waals surface area contributed by atoms with Crippen LogP contribution in [0.3, 0.4) is 0 Å². The third kappa shape index (κ3) is 3.96. The molecule has 2 unspecified atom stereocenters. The number of benzene rings is 1. The lowest BCUT2D eigenvalue weighted by Crippen LogP contribution is -2.45. The first-order valence-corrected chi connectivity index (χ1v) is 7.42. The molecule has 0 radical (unpaired) electrons. The van der Waals surface area contributed by atoms with Gasteiger partial charge in [0, 0.05) is 4.47 Å². The summed E-state index contributed by atoms with van der Waals surface area (Å²) in [4.78, 5) is 24.0. The number of carbonyl (C=O) groups is 2. The van der Waals surface area contributed by atoms with Gasteiger partial charge in [-0.2, -0.15) is 0 Å². The number of nitrogens with one attached hydrogen (secondary N) is 1. The summed E-state index contributed by atoms with van der Waals surface area (Å²) in [5.74, 6) is -0.886. The standard InChI is InChI=1S/C14H17BrClNO3/c1-4-8(2)12(14(19)20-3)17-13(18)9-6-5-7-10(15)11(9)16/h5-8,12H,4H2,1-3H3,(H,17,18). The average Bonchev–Trinajstić information content (AvgIpc) is 2.45. The number of rotatable bonds is 5. The summed E-state index contributed by atoms with van der Waals surface area (Å²) >= 11 is 9.34. The van der Waals surface area contributed by atoms with Gasteiger partial charge in [-0.15, -0.1) is 0 Å². The molecule has 0 spiro atoms. The van der Waals surface area contributed by atoms with Crippen molar-refractivity contribution in [2.45, 2.75) is 26.3 Å². The lowest BCUT2D eigenvalue weighted by atomic mass is 9.99. The molecule has 0 aromatic heterocycles. The summed E-state index contributed by atoms with van der Waals surface area (Å²) in [7, 11) is 1.30. The first-order valence-electron chi connectivity index (χ1n) is 6.25. The summed E-state index contributed by atoms with van der Waals surface area (Å²) in [6.45, 7) is 3.82. The fourth-order valence-corrected chi connectivity index (χ4v) is 2.27. The zero-order chi connectivity index (χ0) is 15.3. The minimum atomic E-state index is -0.687. The minimum absolute atomic E-state index is 0.0303. The zero-order valence-electron chi connectivity index (χ0n) is 11.6. The molecule has 0 heterocycles. The monoisotopic (exact) mass is 361 g/mol. The molecular formula is C14H17BrClNO3. The molecule has 0 aliphatic rings. The molecule has 0 aliphatic heterocycles. The normalized spacial score (nSPS) is 13.4. The molecular weight excluding hydrogens is 346 g/mol. The van der Waals surface area contributed by atoms with E-state index in [-0.39, 0.29) is 5.92 Å². The summed E-state index contributed by atoms with van der Waals surface area (Å²) < 4.78 is 5.36. The second-order valence-corrected chi connectivity index (χ2v) is 5.69. The van der Waals surface area contributed by atoms with Crippen LogP contribution in [0.2, 0.25) is 5.02 Å². The fraction of sp³-hybridized carbons (Fsp3) is 0.429. The highest BCUT2D eigenvalue weighted by molar-refractivity contribution is 9.10. The molecule has 0 saturated carbocycles. The molecule has 4 nitrogen and oxygen atoms in total. The van der Waals surface area contributed by atoms with Crippen molar-refractivity contribution in [3.8, 4) is 0 Å². The fourth-order valence-electron chi connectivity index (χ4n) is 1.69. The molecule has 1 N–H and O–H groups in total. The molecule has 0 saturated heterocycles. The molecule has 20 heavy (non-hydrogen) atoms. The molecule has 1 amide bonds. The molecule has 2 atom stereocenters. The summed E-state index contributed by atoms with van der Waals surface area (Å²) in [6.07, 6.45) is 0.742. The van der Waals surface area contributed by atoms with E-state index < -0.39 is 17.9 Å². The van der Waals surface area contributed by atoms with Crippen molar-refractivity contribution in [2.75, 3.05) is 7.11 Å². The number of carbonyl (C=O) groups excluding carboxylic acids is 2. The van der Waals surface area contributed by atoms with Crippen LogP contribution in [-0.4, -0.2) is 25.0 Å². The van der Waals surface area contributed by atoms with E-state index >= 15 is 0 Å². The molecule has 0 fully saturated rings. The Morgan fingerprint density at radius 1 is 1.45 bits per heavy atom. The second kappa shape index (κ2) is 7.64. The van der Waals surface area contributed by atoms with Crippen LogP contribution in [0.1, 0.15) is 30.6 Å². The van der Waals surface area contributed by atoms with Gasteiger partial charge in [-0.3, -0.25) is 4.79 Å². The number of halogens is 2. The van der Waals surface area contributed by atoms with Crippen LogP contribution in [0.5, 0.6) is 0 Å². The van der Waals surface area contributed by atoms with Crippen LogP contribution in [0.15, 0.2) is 22.7 Å². The van der Waals surface area contributed by atoms with E-state index in [0.717, 1.165) is 6.42 Å². The van der Waals surface area contributed by atoms with Crippen LogP contribution < -0.4 is 5.32 Å². The van der Waals surface area contributed by atoms with Crippen molar-refractivity contribution in [2.24, 2.45) is 5.92 Å². The third-order valence-electron chi connectivity index (χ3n) is 3.15. The van der Waals surface area contributed by atoms with Crippen LogP contribution in [0, 0.1) is 5.92 Å². The van der Waals surface area contributed by atoms with Crippen LogP contribution in [0.25, 0.3) is 0 Å². The van der Waals surface area contributed by atoms with Crippen molar-refractivity contribution in [3.63, 3.8) is 0 Å². The van der Waals surface area contributed by atoms with Crippen LogP contribution in [0.4, 0.5) is 0 Å². The molecule has 110 valence electrons. The largest absolute Gasteiger partial charge is 0.467 e. The lowest BCUT2D eigenvalue weighted by molar-refractivity contribution is -0.144. The highest BCUT2D eigenvalue weighted by atomic mass is 79.9. The van der Waals surface area contributed by atoms with E-state index in [1.807, 2.05) is 13.8 Å². The number of amides is 1. The Balaban J connectivity index is 2.96. The predicted octanol–water partition coefficient (Wildman–Crippen LogP) is 3.42. The summed E-state index contributed by atoms with van der Waals surface area (Å²) in [6, 6.07) is 4.37. The first-order chi connectivity index (χ1) is 9.42. The van der Waals surface area contributed by atoms with Gasteiger partial charge in [-0.05, 0) is 34.0 Å². The van der Waals surface area contributed by atoms with Crippen molar-refractivity contribution in [1.29, 1.82) is 0 Å². The van der Waals surface area contributed by atoms with E-state index in [1.54, 1.807) is 18.2 Å². The number of hydrogen-bond donors (Lipinski definition) is 1. The van der Waals surface area contributed by atoms with E-state index in [2.05, 4.69) is 21.2 Å². The van der Waals surface area contributed by atoms with Gasteiger partial charge < -0.3 is 10.1 Å². The van der Waals surface area contributed by atoms with Crippen LogP contribution in [-0.2, 0) is 9.53 Å². The molecule has 1 rings (SSSR count). The van der Waals surface area contributed by atoms with E-state index in [9.17, 15) is 9.59 Å². The van der Waals surface area contributed by atoms with Gasteiger partial charge in [0.25, 0.3) is 5.91 Å². The van der Waals surface area contributed by atoms with Crippen molar-refractivity contribution < 1.29 is 14.3 Å². The number of methoxy groups -OCH3 is 1. The highest BCUT2D eigenvalue weighted by Crippen LogP contribution is 2.26.